The quantitative estimate of drug-likeness (QED) is 0.168. The average molecular weight is 647 g/mol. The fraction of sp³-hybridized carbons (Fsp3) is 0.0588. The summed E-state index contributed by atoms with van der Waals surface area (Å²) in [5.41, 5.74) is 13.0. The molecule has 0 atom stereocenters. The standard InChI is InChI=1S/C51H34/c1-51(2)47-29-37(36-19-16-31-8-3-4-9-35(31)28-36)22-25-44(47)45-26-23-38(30-48(45)51)39-12-6-14-41-40(39)13-7-15-42(41)43-24-20-34-18-17-32-10-5-11-33-21-27-46(43)50(34)49(32)33/h3-30H,1-2H3. The Labute approximate surface area is 297 Å². The molecule has 0 nitrogen and oxygen atoms in total. The maximum Gasteiger partial charge on any atom is 0.0159 e. The van der Waals surface area contributed by atoms with E-state index in [9.17, 15) is 0 Å². The van der Waals surface area contributed by atoms with Crippen molar-refractivity contribution in [2.75, 3.05) is 0 Å². The SMILES string of the molecule is CC1(C)c2cc(-c3ccc4ccccc4c3)ccc2-c2ccc(-c3cccc4c(-c5ccc6ccc7cccc8ccc5c6c78)cccc34)cc21. The van der Waals surface area contributed by atoms with Crippen molar-refractivity contribution >= 4 is 53.9 Å². The molecule has 0 amide bonds. The molecule has 0 N–H and O–H groups in total. The molecule has 0 spiro atoms. The molecule has 0 saturated heterocycles. The topological polar surface area (TPSA) is 0 Å². The van der Waals surface area contributed by atoms with E-state index in [2.05, 4.69) is 184 Å². The fourth-order valence-corrected chi connectivity index (χ4v) is 9.22. The first-order valence-electron chi connectivity index (χ1n) is 18.0. The van der Waals surface area contributed by atoms with Crippen LogP contribution >= 0.6 is 0 Å². The van der Waals surface area contributed by atoms with Crippen molar-refractivity contribution in [3.63, 3.8) is 0 Å². The van der Waals surface area contributed by atoms with Crippen LogP contribution in [0.3, 0.4) is 0 Å². The zero-order chi connectivity index (χ0) is 33.8. The molecule has 0 aliphatic heterocycles. The van der Waals surface area contributed by atoms with Crippen molar-refractivity contribution < 1.29 is 0 Å². The second-order valence-corrected chi connectivity index (χ2v) is 14.9. The van der Waals surface area contributed by atoms with Crippen LogP contribution < -0.4 is 0 Å². The van der Waals surface area contributed by atoms with Crippen molar-refractivity contribution in [2.24, 2.45) is 0 Å². The van der Waals surface area contributed by atoms with E-state index in [0.717, 1.165) is 0 Å². The molecule has 0 heteroatoms. The number of hydrogen-bond acceptors (Lipinski definition) is 0. The first-order chi connectivity index (χ1) is 25.0. The summed E-state index contributed by atoms with van der Waals surface area (Å²) in [6, 6.07) is 63.7. The lowest BCUT2D eigenvalue weighted by Gasteiger charge is -2.23. The molecule has 0 heterocycles. The summed E-state index contributed by atoms with van der Waals surface area (Å²) < 4.78 is 0. The van der Waals surface area contributed by atoms with Gasteiger partial charge in [0.2, 0.25) is 0 Å². The third-order valence-corrected chi connectivity index (χ3v) is 11.8. The monoisotopic (exact) mass is 646 g/mol. The van der Waals surface area contributed by atoms with Crippen LogP contribution in [-0.2, 0) is 5.41 Å². The Balaban J connectivity index is 1.03. The second-order valence-electron chi connectivity index (χ2n) is 14.9. The van der Waals surface area contributed by atoms with Crippen LogP contribution in [0.15, 0.2) is 170 Å². The highest BCUT2D eigenvalue weighted by atomic mass is 14.4. The van der Waals surface area contributed by atoms with Gasteiger partial charge in [-0.2, -0.15) is 0 Å². The molecule has 11 rings (SSSR count). The maximum atomic E-state index is 2.46. The fourth-order valence-electron chi connectivity index (χ4n) is 9.22. The summed E-state index contributed by atoms with van der Waals surface area (Å²) >= 11 is 0. The van der Waals surface area contributed by atoms with E-state index >= 15 is 0 Å². The molecule has 0 bridgehead atoms. The molecule has 10 aromatic carbocycles. The van der Waals surface area contributed by atoms with Gasteiger partial charge in [-0.3, -0.25) is 0 Å². The second kappa shape index (κ2) is 10.4. The number of hydrogen-bond donors (Lipinski definition) is 0. The summed E-state index contributed by atoms with van der Waals surface area (Å²) in [4.78, 5) is 0. The minimum atomic E-state index is -0.120. The molecule has 0 unspecified atom stereocenters. The Kier molecular flexibility index (Phi) is 5.82. The summed E-state index contributed by atoms with van der Waals surface area (Å²) in [7, 11) is 0. The van der Waals surface area contributed by atoms with Crippen molar-refractivity contribution in [1.29, 1.82) is 0 Å². The predicted molar refractivity (Wildman–Crippen MR) is 219 cm³/mol. The lowest BCUT2D eigenvalue weighted by atomic mass is 9.80. The lowest BCUT2D eigenvalue weighted by molar-refractivity contribution is 0.661. The Morgan fingerprint density at radius 3 is 1.57 bits per heavy atom. The third-order valence-electron chi connectivity index (χ3n) is 11.8. The summed E-state index contributed by atoms with van der Waals surface area (Å²) in [5.74, 6) is 0. The summed E-state index contributed by atoms with van der Waals surface area (Å²) in [6.07, 6.45) is 0. The minimum absolute atomic E-state index is 0.120. The zero-order valence-electron chi connectivity index (χ0n) is 28.7. The van der Waals surface area contributed by atoms with Crippen LogP contribution in [0.25, 0.3) is 98.4 Å². The zero-order valence-corrected chi connectivity index (χ0v) is 28.7. The van der Waals surface area contributed by atoms with E-state index in [1.807, 2.05) is 0 Å². The normalized spacial score (nSPS) is 13.5. The van der Waals surface area contributed by atoms with E-state index < -0.39 is 0 Å². The Hall–Kier alpha value is -6.24. The summed E-state index contributed by atoms with van der Waals surface area (Å²) in [6.45, 7) is 4.78. The van der Waals surface area contributed by atoms with Gasteiger partial charge in [0.15, 0.2) is 0 Å². The van der Waals surface area contributed by atoms with Gasteiger partial charge in [-0.1, -0.05) is 166 Å². The Morgan fingerprint density at radius 2 is 0.784 bits per heavy atom. The molecular weight excluding hydrogens is 613 g/mol. The number of fused-ring (bicyclic) bond motifs is 5. The van der Waals surface area contributed by atoms with Gasteiger partial charge >= 0.3 is 0 Å². The predicted octanol–water partition coefficient (Wildman–Crippen LogP) is 14.2. The molecule has 51 heavy (non-hydrogen) atoms. The van der Waals surface area contributed by atoms with Gasteiger partial charge in [0, 0.05) is 5.41 Å². The highest BCUT2D eigenvalue weighted by molar-refractivity contribution is 6.26. The number of benzene rings is 10. The molecule has 1 aliphatic carbocycles. The van der Waals surface area contributed by atoms with E-state index in [1.165, 1.54) is 109 Å². The third kappa shape index (κ3) is 4.08. The van der Waals surface area contributed by atoms with Gasteiger partial charge in [-0.25, -0.2) is 0 Å². The highest BCUT2D eigenvalue weighted by Crippen LogP contribution is 2.51. The Bertz CT molecular complexity index is 3030. The van der Waals surface area contributed by atoms with E-state index in [0.29, 0.717) is 0 Å². The van der Waals surface area contributed by atoms with Crippen LogP contribution in [0.5, 0.6) is 0 Å². The van der Waals surface area contributed by atoms with Crippen LogP contribution in [0.2, 0.25) is 0 Å². The summed E-state index contributed by atoms with van der Waals surface area (Å²) in [5, 5.41) is 13.1. The van der Waals surface area contributed by atoms with Crippen molar-refractivity contribution in [3.05, 3.63) is 181 Å². The Morgan fingerprint density at radius 1 is 0.294 bits per heavy atom. The lowest BCUT2D eigenvalue weighted by Crippen LogP contribution is -2.15. The van der Waals surface area contributed by atoms with Gasteiger partial charge in [-0.05, 0) is 128 Å². The van der Waals surface area contributed by atoms with Crippen LogP contribution in [-0.4, -0.2) is 0 Å². The molecule has 10 aromatic rings. The van der Waals surface area contributed by atoms with Crippen molar-refractivity contribution in [3.8, 4) is 44.5 Å². The first-order valence-corrected chi connectivity index (χ1v) is 18.0. The van der Waals surface area contributed by atoms with E-state index in [1.54, 1.807) is 0 Å². The molecule has 0 radical (unpaired) electrons. The minimum Gasteiger partial charge on any atom is -0.0616 e. The smallest absolute Gasteiger partial charge is 0.0159 e. The molecule has 1 aliphatic rings. The molecule has 0 aromatic heterocycles. The van der Waals surface area contributed by atoms with E-state index in [-0.39, 0.29) is 5.41 Å². The van der Waals surface area contributed by atoms with Gasteiger partial charge in [0.1, 0.15) is 0 Å². The van der Waals surface area contributed by atoms with Crippen molar-refractivity contribution in [1.82, 2.24) is 0 Å². The van der Waals surface area contributed by atoms with Gasteiger partial charge < -0.3 is 0 Å². The molecular formula is C51H34. The molecule has 238 valence electrons. The van der Waals surface area contributed by atoms with Crippen LogP contribution in [0.1, 0.15) is 25.0 Å². The first kappa shape index (κ1) is 28.6. The number of rotatable bonds is 3. The highest BCUT2D eigenvalue weighted by Gasteiger charge is 2.36. The van der Waals surface area contributed by atoms with E-state index in [4.69, 9.17) is 0 Å². The van der Waals surface area contributed by atoms with Gasteiger partial charge in [-0.15, -0.1) is 0 Å². The average Bonchev–Trinajstić information content (AvgIpc) is 3.41. The van der Waals surface area contributed by atoms with Gasteiger partial charge in [0.05, 0.1) is 0 Å². The maximum absolute atomic E-state index is 2.46. The molecule has 0 saturated carbocycles. The van der Waals surface area contributed by atoms with Crippen LogP contribution in [0.4, 0.5) is 0 Å². The van der Waals surface area contributed by atoms with Gasteiger partial charge in [0.25, 0.3) is 0 Å². The van der Waals surface area contributed by atoms with Crippen LogP contribution in [0, 0.1) is 0 Å². The largest absolute Gasteiger partial charge is 0.0616 e. The van der Waals surface area contributed by atoms with Crippen molar-refractivity contribution in [2.45, 2.75) is 19.3 Å². The molecule has 0 fully saturated rings.